The van der Waals surface area contributed by atoms with Crippen molar-refractivity contribution in [2.75, 3.05) is 58.4 Å². The zero-order valence-corrected chi connectivity index (χ0v) is 60.1. The van der Waals surface area contributed by atoms with Gasteiger partial charge in [-0.15, -0.1) is 0 Å². The molecule has 5 aromatic heterocycles. The number of rotatable bonds is 21. The Morgan fingerprint density at radius 2 is 0.853 bits per heavy atom. The highest BCUT2D eigenvalue weighted by atomic mass is 31.2. The summed E-state index contributed by atoms with van der Waals surface area (Å²) in [5.74, 6) is 0.152. The van der Waals surface area contributed by atoms with Gasteiger partial charge in [-0.1, -0.05) is 0 Å². The number of nitrogens with one attached hydrogen (secondary N) is 1. The summed E-state index contributed by atoms with van der Waals surface area (Å²) in [7, 11) is -10.0. The molecule has 3 aliphatic heterocycles. The van der Waals surface area contributed by atoms with Crippen LogP contribution < -0.4 is 43.1 Å². The normalized spacial score (nSPS) is 26.6. The first-order chi connectivity index (χ1) is 43.4. The van der Waals surface area contributed by atoms with Gasteiger partial charge in [0, 0.05) is 27.5 Å². The molecule has 0 amide bonds. The molecular weight excluding hydrogens is 1320 g/mol. The number of aromatic amines is 1. The van der Waals surface area contributed by atoms with Crippen molar-refractivity contribution in [3.05, 3.63) is 52.1 Å². The second-order valence-corrected chi connectivity index (χ2v) is 32.0. The Bertz CT molecular complexity index is 3650. The van der Waals surface area contributed by atoms with E-state index in [4.69, 9.17) is 87.0 Å². The fraction of sp³-hybridized carbons (Fsp3) is 0.750. The van der Waals surface area contributed by atoms with E-state index in [0.29, 0.717) is 11.2 Å². The van der Waals surface area contributed by atoms with Crippen LogP contribution in [0.4, 0.5) is 17.6 Å². The van der Waals surface area contributed by atoms with Gasteiger partial charge in [-0.3, -0.25) is 37.2 Å². The Labute approximate surface area is 550 Å². The molecule has 39 heteroatoms. The minimum Gasteiger partial charge on any atom is -0.756 e. The number of H-pyrrole nitrogens is 1. The highest BCUT2D eigenvalue weighted by molar-refractivity contribution is 7.46. The number of fused-ring (bicyclic) bond motifs is 2. The van der Waals surface area contributed by atoms with Crippen LogP contribution in [0, 0.1) is 0 Å². The van der Waals surface area contributed by atoms with Crippen molar-refractivity contribution in [2.24, 2.45) is 0 Å². The molecule has 8 rings (SSSR count). The van der Waals surface area contributed by atoms with Crippen molar-refractivity contribution in [1.82, 2.24) is 48.6 Å². The van der Waals surface area contributed by atoms with Crippen LogP contribution in [0.5, 0.6) is 0 Å². The summed E-state index contributed by atoms with van der Waals surface area (Å²) in [4.78, 5) is 89.0. The lowest BCUT2D eigenvalue weighted by atomic mass is 10.1. The summed E-state index contributed by atoms with van der Waals surface area (Å²) in [6.07, 6.45) is -5.79. The topological polar surface area (TPSA) is 479 Å². The summed E-state index contributed by atoms with van der Waals surface area (Å²) in [5.41, 5.74) is 12.4. The van der Waals surface area contributed by atoms with Crippen LogP contribution in [0.2, 0.25) is 0 Å². The van der Waals surface area contributed by atoms with E-state index in [1.807, 2.05) is 62.3 Å². The lowest BCUT2D eigenvalue weighted by Crippen LogP contribution is -2.41. The fourth-order valence-electron chi connectivity index (χ4n) is 9.65. The first kappa shape index (κ1) is 79.1. The maximum atomic E-state index is 12.6. The number of nitrogens with two attached hydrogens (primary N) is 3. The standard InChI is InChI=1S/C19H32N5O8P.C19H32N5O7P.C18H32N3O8P/c1-18(2,3)29-8-10-12(31-33(26,27)32-19(4,5)6)13(28-7)16(30-10)24-9-21-11-14(24)22-17(20)23-15(11)25;1-18(2,3)28-8-11-13(30-32(25,26)31-19(4,5)6)14(27-7)17(29-11)24-10-23-12-15(20)21-9-22-16(12)24;1-17(2,3)26-10-11-13(28-30(23,24)29-18(4,5)6)14(25-7)15(27-11)21-9-8-12(19)20-16(21)22/h9-10,12-13,16H,8H2,1-7H3,(H,26,27)(H3,20,22,23,25);9-11,13-14,17H,8H2,1-7H3,(H,25,26)(H2,20,21,22);8-9,11,13-15H,10H2,1-7H3,(H,23,24)(H2,19,20,22)/p-3/t10-,12?,13+,16-;11-,13?,14+,17-;11-,13?,14+,15-/m111/s1. The predicted octanol–water partition coefficient (Wildman–Crippen LogP) is 4.12. The quantitative estimate of drug-likeness (QED) is 0.0750. The summed E-state index contributed by atoms with van der Waals surface area (Å²) >= 11 is 0. The molecule has 0 aliphatic carbocycles. The average molecular weight is 1410 g/mol. The summed E-state index contributed by atoms with van der Waals surface area (Å²) in [6.45, 7) is 31.2. The van der Waals surface area contributed by atoms with Gasteiger partial charge in [0.05, 0.1) is 66.1 Å². The third-order valence-electron chi connectivity index (χ3n) is 13.1. The number of methoxy groups -OCH3 is 3. The van der Waals surface area contributed by atoms with Gasteiger partial charge in [0.2, 0.25) is 5.95 Å². The zero-order chi connectivity index (χ0) is 71.6. The van der Waals surface area contributed by atoms with E-state index in [1.54, 1.807) is 66.9 Å². The molecule has 6 unspecified atom stereocenters. The van der Waals surface area contributed by atoms with Crippen LogP contribution in [0.15, 0.2) is 40.8 Å². The molecule has 15 atom stereocenters. The first-order valence-electron chi connectivity index (χ1n) is 30.0. The molecule has 0 saturated carbocycles. The zero-order valence-electron chi connectivity index (χ0n) is 57.4. The number of anilines is 3. The lowest BCUT2D eigenvalue weighted by molar-refractivity contribution is -0.244. The minimum atomic E-state index is -4.76. The number of aromatic nitrogens is 10. The van der Waals surface area contributed by atoms with Gasteiger partial charge in [-0.05, 0) is 131 Å². The van der Waals surface area contributed by atoms with E-state index < -0.39 is 142 Å². The monoisotopic (exact) mass is 1410 g/mol. The van der Waals surface area contributed by atoms with Crippen LogP contribution >= 0.6 is 23.5 Å². The van der Waals surface area contributed by atoms with Crippen LogP contribution in [0.25, 0.3) is 22.3 Å². The molecule has 95 heavy (non-hydrogen) atoms. The summed E-state index contributed by atoms with van der Waals surface area (Å²) < 4.78 is 126. The molecule has 3 saturated heterocycles. The molecule has 0 bridgehead atoms. The Morgan fingerprint density at radius 1 is 0.495 bits per heavy atom. The smallest absolute Gasteiger partial charge is 0.351 e. The highest BCUT2D eigenvalue weighted by Gasteiger charge is 2.53. The van der Waals surface area contributed by atoms with Crippen LogP contribution in [0.3, 0.4) is 0 Å². The molecular formula is C56H93N13O23P3-3. The average Bonchev–Trinajstić information content (AvgIpc) is 1.63. The SMILES string of the molecule is CO[C@H]1C(OP(=O)([O-])OC(C)(C)C)[C@@H](COC(C)(C)C)O[C@H]1n1ccc(N)nc1=O.CO[C@H]1C(OP(=O)([O-])OC(C)(C)C)[C@@H](COC(C)(C)C)O[C@H]1n1cnc2c(=O)[nH]c(N)nc21.CO[C@H]1C(OP(=O)([O-])OC(C)(C)C)[C@@H](COC(C)(C)C)O[C@H]1n1cnc2c(N)ncnc21. The fourth-order valence-corrected chi connectivity index (χ4v) is 13.5. The molecule has 0 radical (unpaired) electrons. The van der Waals surface area contributed by atoms with Gasteiger partial charge in [-0.2, -0.15) is 9.97 Å². The molecule has 0 spiro atoms. The molecule has 7 N–H and O–H groups in total. The summed E-state index contributed by atoms with van der Waals surface area (Å²) in [5, 5.41) is 0. The molecule has 3 fully saturated rings. The maximum absolute atomic E-state index is 12.6. The van der Waals surface area contributed by atoms with E-state index in [1.165, 1.54) is 61.7 Å². The Hall–Kier alpha value is -4.85. The third kappa shape index (κ3) is 22.6. The number of nitrogen functional groups attached to an aromatic ring is 3. The second-order valence-electron chi connectivity index (χ2n) is 28.1. The van der Waals surface area contributed by atoms with E-state index in [9.17, 15) is 38.0 Å². The van der Waals surface area contributed by atoms with Crippen LogP contribution in [0.1, 0.15) is 143 Å². The number of hydrogen-bond acceptors (Lipinski definition) is 32. The van der Waals surface area contributed by atoms with Crippen LogP contribution in [-0.4, -0.2) is 178 Å². The van der Waals surface area contributed by atoms with Gasteiger partial charge in [0.15, 0.2) is 41.3 Å². The Balaban J connectivity index is 0.000000226. The molecule has 5 aromatic rings. The van der Waals surface area contributed by atoms with E-state index in [0.717, 1.165) is 0 Å². The van der Waals surface area contributed by atoms with Crippen molar-refractivity contribution in [1.29, 1.82) is 0 Å². The number of phosphoric acid groups is 3. The number of hydrogen-bond donors (Lipinski definition) is 4. The summed E-state index contributed by atoms with van der Waals surface area (Å²) in [6, 6.07) is 1.42. The van der Waals surface area contributed by atoms with E-state index in [2.05, 4.69) is 34.9 Å². The van der Waals surface area contributed by atoms with Crippen molar-refractivity contribution >= 4 is 63.4 Å². The van der Waals surface area contributed by atoms with Crippen LogP contribution in [-0.2, 0) is 83.5 Å². The van der Waals surface area contributed by atoms with Gasteiger partial charge in [0.25, 0.3) is 29.0 Å². The van der Waals surface area contributed by atoms with E-state index >= 15 is 0 Å². The van der Waals surface area contributed by atoms with E-state index in [-0.39, 0.29) is 48.6 Å². The van der Waals surface area contributed by atoms with Crippen molar-refractivity contribution in [2.45, 2.75) is 232 Å². The molecule has 0 aromatic carbocycles. The molecule has 36 nitrogen and oxygen atoms in total. The molecule has 8 heterocycles. The maximum Gasteiger partial charge on any atom is 0.351 e. The highest BCUT2D eigenvalue weighted by Crippen LogP contribution is 2.52. The largest absolute Gasteiger partial charge is 0.756 e. The predicted molar refractivity (Wildman–Crippen MR) is 336 cm³/mol. The van der Waals surface area contributed by atoms with Crippen molar-refractivity contribution in [3.63, 3.8) is 0 Å². The Kier molecular flexibility index (Phi) is 25.3. The number of ether oxygens (including phenoxy) is 9. The van der Waals surface area contributed by atoms with Gasteiger partial charge < -0.3 is 102 Å². The lowest BCUT2D eigenvalue weighted by Gasteiger charge is -2.35. The first-order valence-corrected chi connectivity index (χ1v) is 34.4. The molecule has 3 aliphatic rings. The molecule has 538 valence electrons. The third-order valence-corrected chi connectivity index (χ3v) is 17.0. The van der Waals surface area contributed by atoms with Crippen molar-refractivity contribution in [3.8, 4) is 0 Å². The minimum absolute atomic E-state index is 0.00278. The number of imidazole rings is 2. The van der Waals surface area contributed by atoms with Crippen molar-refractivity contribution < 1.29 is 98.1 Å². The van der Waals surface area contributed by atoms with Gasteiger partial charge >= 0.3 is 5.69 Å². The van der Waals surface area contributed by atoms with Gasteiger partial charge in [0.1, 0.15) is 72.6 Å². The Morgan fingerprint density at radius 3 is 1.20 bits per heavy atom. The number of phosphoric ester groups is 3. The number of nitrogens with zero attached hydrogens (tertiary/aromatic N) is 9. The second kappa shape index (κ2) is 30.3. The van der Waals surface area contributed by atoms with Gasteiger partial charge in [-0.25, -0.2) is 24.7 Å².